The van der Waals surface area contributed by atoms with Gasteiger partial charge < -0.3 is 15.4 Å². The first-order valence-electron chi connectivity index (χ1n) is 9.22. The Morgan fingerprint density at radius 3 is 2.64 bits per heavy atom. The van der Waals surface area contributed by atoms with Gasteiger partial charge in [0.05, 0.1) is 6.54 Å². The largest absolute Gasteiger partial charge is 0.444 e. The Morgan fingerprint density at radius 2 is 1.93 bits per heavy atom. The highest BCUT2D eigenvalue weighted by atomic mass is 32.1. The van der Waals surface area contributed by atoms with Crippen LogP contribution in [0, 0.1) is 13.8 Å². The van der Waals surface area contributed by atoms with Crippen LogP contribution in [0.2, 0.25) is 0 Å². The molecule has 0 saturated heterocycles. The summed E-state index contributed by atoms with van der Waals surface area (Å²) >= 11 is 1.54. The van der Waals surface area contributed by atoms with Crippen LogP contribution in [-0.2, 0) is 17.8 Å². The summed E-state index contributed by atoms with van der Waals surface area (Å²) in [5.41, 5.74) is 3.25. The molecule has 3 aromatic rings. The number of carbonyl (C=O) groups excluding carboxylic acids is 1. The highest BCUT2D eigenvalue weighted by molar-refractivity contribution is 7.18. The van der Waals surface area contributed by atoms with Crippen LogP contribution in [0.5, 0.6) is 0 Å². The summed E-state index contributed by atoms with van der Waals surface area (Å²) < 4.78 is 5.26. The van der Waals surface area contributed by atoms with Crippen molar-refractivity contribution in [3.05, 3.63) is 52.0 Å². The summed E-state index contributed by atoms with van der Waals surface area (Å²) in [5, 5.41) is 7.01. The zero-order valence-corrected chi connectivity index (χ0v) is 17.7. The summed E-state index contributed by atoms with van der Waals surface area (Å²) in [4.78, 5) is 22.7. The van der Waals surface area contributed by atoms with Gasteiger partial charge in [-0.2, -0.15) is 0 Å². The van der Waals surface area contributed by atoms with Crippen molar-refractivity contribution in [1.82, 2.24) is 15.3 Å². The first-order valence-corrected chi connectivity index (χ1v) is 10.0. The molecule has 0 atom stereocenters. The van der Waals surface area contributed by atoms with Crippen LogP contribution in [0.4, 0.5) is 10.7 Å². The minimum Gasteiger partial charge on any atom is -0.444 e. The number of benzene rings is 1. The van der Waals surface area contributed by atoms with E-state index in [9.17, 15) is 4.79 Å². The molecule has 2 N–H and O–H groups in total. The molecular weight excluding hydrogens is 372 g/mol. The molecule has 6 nitrogen and oxygen atoms in total. The average Bonchev–Trinajstić information content (AvgIpc) is 3.02. The second kappa shape index (κ2) is 8.14. The third-order valence-electron chi connectivity index (χ3n) is 4.15. The molecule has 28 heavy (non-hydrogen) atoms. The lowest BCUT2D eigenvalue weighted by molar-refractivity contribution is 0.0524. The van der Waals surface area contributed by atoms with E-state index in [1.807, 2.05) is 26.8 Å². The fourth-order valence-electron chi connectivity index (χ4n) is 2.62. The third kappa shape index (κ3) is 5.42. The van der Waals surface area contributed by atoms with Gasteiger partial charge in [-0.05, 0) is 57.4 Å². The van der Waals surface area contributed by atoms with Crippen LogP contribution in [-0.4, -0.2) is 21.7 Å². The maximum absolute atomic E-state index is 11.8. The fraction of sp³-hybridized carbons (Fsp3) is 0.381. The molecule has 1 aromatic carbocycles. The Kier molecular flexibility index (Phi) is 5.84. The van der Waals surface area contributed by atoms with E-state index in [1.54, 1.807) is 6.20 Å². The number of nitrogens with one attached hydrogen (secondary N) is 2. The lowest BCUT2D eigenvalue weighted by Gasteiger charge is -2.19. The maximum Gasteiger partial charge on any atom is 0.407 e. The minimum absolute atomic E-state index is 0.404. The SMILES string of the molecule is Cc1ccc(CNc2ncc3cc(CNC(=O)OC(C)(C)C)sc3n2)cc1C. The van der Waals surface area contributed by atoms with Gasteiger partial charge in [-0.15, -0.1) is 11.3 Å². The van der Waals surface area contributed by atoms with E-state index in [1.165, 1.54) is 28.0 Å². The van der Waals surface area contributed by atoms with E-state index in [2.05, 4.69) is 52.6 Å². The van der Waals surface area contributed by atoms with Crippen LogP contribution in [0.25, 0.3) is 10.2 Å². The molecular formula is C21H26N4O2S. The van der Waals surface area contributed by atoms with Crippen LogP contribution in [0.3, 0.4) is 0 Å². The molecule has 0 bridgehead atoms. The molecule has 0 spiro atoms. The fourth-order valence-corrected chi connectivity index (χ4v) is 3.56. The Labute approximate surface area is 169 Å². The van der Waals surface area contributed by atoms with E-state index < -0.39 is 11.7 Å². The maximum atomic E-state index is 11.8. The van der Waals surface area contributed by atoms with Crippen molar-refractivity contribution in [3.63, 3.8) is 0 Å². The van der Waals surface area contributed by atoms with E-state index >= 15 is 0 Å². The second-order valence-electron chi connectivity index (χ2n) is 7.79. The van der Waals surface area contributed by atoms with E-state index in [0.29, 0.717) is 19.0 Å². The van der Waals surface area contributed by atoms with Gasteiger partial charge >= 0.3 is 6.09 Å². The van der Waals surface area contributed by atoms with Crippen molar-refractivity contribution in [2.45, 2.75) is 53.3 Å². The van der Waals surface area contributed by atoms with Gasteiger partial charge in [0, 0.05) is 23.0 Å². The summed E-state index contributed by atoms with van der Waals surface area (Å²) in [6.45, 7) is 10.8. The number of fused-ring (bicyclic) bond motifs is 1. The smallest absolute Gasteiger partial charge is 0.407 e. The van der Waals surface area contributed by atoms with Gasteiger partial charge in [-0.25, -0.2) is 14.8 Å². The molecule has 148 valence electrons. The number of thiophene rings is 1. The number of aromatic nitrogens is 2. The predicted octanol–water partition coefficient (Wildman–Crippen LogP) is 4.94. The Morgan fingerprint density at radius 1 is 1.14 bits per heavy atom. The number of anilines is 1. The number of nitrogens with zero attached hydrogens (tertiary/aromatic N) is 2. The molecule has 0 aliphatic carbocycles. The van der Waals surface area contributed by atoms with Crippen molar-refractivity contribution in [1.29, 1.82) is 0 Å². The Bertz CT molecular complexity index is 992. The van der Waals surface area contributed by atoms with E-state index in [0.717, 1.165) is 15.1 Å². The number of alkyl carbamates (subject to hydrolysis) is 1. The van der Waals surface area contributed by atoms with Gasteiger partial charge in [0.15, 0.2) is 0 Å². The van der Waals surface area contributed by atoms with Gasteiger partial charge in [-0.3, -0.25) is 0 Å². The Balaban J connectivity index is 1.62. The van der Waals surface area contributed by atoms with Crippen molar-refractivity contribution in [2.75, 3.05) is 5.32 Å². The monoisotopic (exact) mass is 398 g/mol. The summed E-state index contributed by atoms with van der Waals surface area (Å²) in [5.74, 6) is 0.597. The average molecular weight is 399 g/mol. The number of rotatable bonds is 5. The van der Waals surface area contributed by atoms with Crippen LogP contribution < -0.4 is 10.6 Å². The molecule has 0 aliphatic rings. The molecule has 0 unspecified atom stereocenters. The number of hydrogen-bond donors (Lipinski definition) is 2. The molecule has 7 heteroatoms. The van der Waals surface area contributed by atoms with E-state index in [-0.39, 0.29) is 0 Å². The normalized spacial score (nSPS) is 11.5. The molecule has 3 rings (SSSR count). The van der Waals surface area contributed by atoms with Gasteiger partial charge in [0.2, 0.25) is 5.95 Å². The lowest BCUT2D eigenvalue weighted by Crippen LogP contribution is -2.31. The second-order valence-corrected chi connectivity index (χ2v) is 8.91. The Hall–Kier alpha value is -2.67. The molecule has 0 radical (unpaired) electrons. The standard InChI is InChI=1S/C21H26N4O2S/c1-13-6-7-15(8-14(13)2)10-22-19-23-11-16-9-17(28-18(16)25-19)12-24-20(26)27-21(3,4)5/h6-9,11H,10,12H2,1-5H3,(H,24,26)(H,22,23,25). The predicted molar refractivity (Wildman–Crippen MR) is 114 cm³/mol. The van der Waals surface area contributed by atoms with Crippen LogP contribution >= 0.6 is 11.3 Å². The summed E-state index contributed by atoms with van der Waals surface area (Å²) in [6, 6.07) is 8.40. The minimum atomic E-state index is -0.508. The summed E-state index contributed by atoms with van der Waals surface area (Å²) in [6.07, 6.45) is 1.38. The van der Waals surface area contributed by atoms with Crippen LogP contribution in [0.1, 0.15) is 42.3 Å². The first-order chi connectivity index (χ1) is 13.2. The highest BCUT2D eigenvalue weighted by Crippen LogP contribution is 2.24. The topological polar surface area (TPSA) is 76.1 Å². The van der Waals surface area contributed by atoms with Gasteiger partial charge in [0.1, 0.15) is 10.4 Å². The number of aryl methyl sites for hydroxylation is 2. The molecule has 1 amide bonds. The molecule has 2 aromatic heterocycles. The summed E-state index contributed by atoms with van der Waals surface area (Å²) in [7, 11) is 0. The van der Waals surface area contributed by atoms with Gasteiger partial charge in [-0.1, -0.05) is 18.2 Å². The van der Waals surface area contributed by atoms with Gasteiger partial charge in [0.25, 0.3) is 0 Å². The number of carbonyl (C=O) groups is 1. The van der Waals surface area contributed by atoms with Crippen molar-refractivity contribution >= 4 is 33.6 Å². The molecule has 0 fully saturated rings. The highest BCUT2D eigenvalue weighted by Gasteiger charge is 2.16. The van der Waals surface area contributed by atoms with Crippen molar-refractivity contribution < 1.29 is 9.53 Å². The quantitative estimate of drug-likeness (QED) is 0.636. The molecule has 0 saturated carbocycles. The van der Waals surface area contributed by atoms with Crippen LogP contribution in [0.15, 0.2) is 30.5 Å². The lowest BCUT2D eigenvalue weighted by atomic mass is 10.1. The number of amides is 1. The zero-order valence-electron chi connectivity index (χ0n) is 16.9. The zero-order chi connectivity index (χ0) is 20.3. The van der Waals surface area contributed by atoms with Crippen molar-refractivity contribution in [2.24, 2.45) is 0 Å². The number of ether oxygens (including phenoxy) is 1. The number of hydrogen-bond acceptors (Lipinski definition) is 6. The molecule has 2 heterocycles. The molecule has 0 aliphatic heterocycles. The van der Waals surface area contributed by atoms with Crippen molar-refractivity contribution in [3.8, 4) is 0 Å². The first kappa shape index (κ1) is 20.1. The third-order valence-corrected chi connectivity index (χ3v) is 5.20. The van der Waals surface area contributed by atoms with E-state index in [4.69, 9.17) is 4.74 Å².